The van der Waals surface area contributed by atoms with Crippen LogP contribution in [-0.4, -0.2) is 79.2 Å². The summed E-state index contributed by atoms with van der Waals surface area (Å²) in [5.74, 6) is -1.04. The summed E-state index contributed by atoms with van der Waals surface area (Å²) in [6.07, 6.45) is 8.90. The maximum atomic E-state index is 13.3. The van der Waals surface area contributed by atoms with Gasteiger partial charge in [0.25, 0.3) is 11.5 Å². The monoisotopic (exact) mass is 468 g/mol. The Morgan fingerprint density at radius 1 is 1.18 bits per heavy atom. The Hall–Kier alpha value is -3.14. The number of hydrogen-bond acceptors (Lipinski definition) is 6. The molecule has 2 aliphatic carbocycles. The Morgan fingerprint density at radius 3 is 2.50 bits per heavy atom. The Morgan fingerprint density at radius 2 is 1.88 bits per heavy atom. The van der Waals surface area contributed by atoms with Crippen LogP contribution < -0.4 is 10.9 Å². The Kier molecular flexibility index (Phi) is 5.93. The number of carbonyl (C=O) groups is 2. The van der Waals surface area contributed by atoms with E-state index >= 15 is 0 Å². The van der Waals surface area contributed by atoms with Crippen molar-refractivity contribution in [2.45, 2.75) is 58.2 Å². The van der Waals surface area contributed by atoms with Gasteiger partial charge in [0.2, 0.25) is 11.8 Å². The molecule has 182 valence electrons. The zero-order chi connectivity index (χ0) is 24.0. The number of nitrogens with zero attached hydrogens (tertiary/aromatic N) is 5. The highest BCUT2D eigenvalue weighted by Crippen LogP contribution is 2.27. The minimum absolute atomic E-state index is 0.0498. The van der Waals surface area contributed by atoms with Crippen molar-refractivity contribution < 1.29 is 14.7 Å². The fraction of sp³-hybridized carbons (Fsp3) is 0.583. The molecule has 0 spiro atoms. The lowest BCUT2D eigenvalue weighted by Crippen LogP contribution is -2.48. The van der Waals surface area contributed by atoms with Crippen molar-refractivity contribution in [3.8, 4) is 5.88 Å². The summed E-state index contributed by atoms with van der Waals surface area (Å²) in [4.78, 5) is 43.1. The van der Waals surface area contributed by atoms with Crippen LogP contribution in [0.4, 0.5) is 0 Å². The van der Waals surface area contributed by atoms with E-state index in [2.05, 4.69) is 15.3 Å². The summed E-state index contributed by atoms with van der Waals surface area (Å²) in [7, 11) is 0. The lowest BCUT2D eigenvalue weighted by Gasteiger charge is -2.34. The minimum Gasteiger partial charge on any atom is -0.492 e. The standard InChI is InChI=1S/C24H32N6O4/c1-15(2)14-29-22-16(3-8-19(31)28-11-9-27(10-12-28)18-6-7-18)13-25-30(22)24(34)20(23(29)33)21(32)26-17-4-5-17/h3,8,13,15,17-18,34H,4-7,9-12,14H2,1-2H3,(H,26,32)/b8-3+. The van der Waals surface area contributed by atoms with Gasteiger partial charge >= 0.3 is 0 Å². The molecule has 2 saturated carbocycles. The summed E-state index contributed by atoms with van der Waals surface area (Å²) in [5.41, 5.74) is 0.0340. The van der Waals surface area contributed by atoms with E-state index in [1.807, 2.05) is 18.7 Å². The zero-order valence-corrected chi connectivity index (χ0v) is 19.7. The summed E-state index contributed by atoms with van der Waals surface area (Å²) in [6.45, 7) is 7.48. The van der Waals surface area contributed by atoms with Crippen LogP contribution in [0, 0.1) is 5.92 Å². The van der Waals surface area contributed by atoms with Gasteiger partial charge in [-0.25, -0.2) is 0 Å². The van der Waals surface area contributed by atoms with E-state index in [9.17, 15) is 19.5 Å². The molecule has 0 aromatic carbocycles. The second kappa shape index (κ2) is 8.90. The molecule has 10 heteroatoms. The van der Waals surface area contributed by atoms with Crippen LogP contribution in [0.5, 0.6) is 5.88 Å². The number of fused-ring (bicyclic) bond motifs is 1. The molecule has 0 bridgehead atoms. The first-order valence-corrected chi connectivity index (χ1v) is 12.2. The second-order valence-corrected chi connectivity index (χ2v) is 10.0. The van der Waals surface area contributed by atoms with Crippen molar-refractivity contribution in [1.82, 2.24) is 29.3 Å². The molecule has 1 saturated heterocycles. The highest BCUT2D eigenvalue weighted by Gasteiger charge is 2.32. The van der Waals surface area contributed by atoms with E-state index in [1.54, 1.807) is 6.08 Å². The summed E-state index contributed by atoms with van der Waals surface area (Å²) in [5, 5.41) is 17.8. The third-order valence-corrected chi connectivity index (χ3v) is 6.69. The first-order valence-electron chi connectivity index (χ1n) is 12.2. The average molecular weight is 469 g/mol. The van der Waals surface area contributed by atoms with Gasteiger partial charge in [0, 0.05) is 56.4 Å². The lowest BCUT2D eigenvalue weighted by atomic mass is 10.2. The number of amides is 2. The molecule has 2 N–H and O–H groups in total. The number of rotatable bonds is 7. The largest absolute Gasteiger partial charge is 0.492 e. The normalized spacial score (nSPS) is 19.4. The van der Waals surface area contributed by atoms with Gasteiger partial charge in [-0.1, -0.05) is 13.8 Å². The van der Waals surface area contributed by atoms with Crippen molar-refractivity contribution in [3.63, 3.8) is 0 Å². The quantitative estimate of drug-likeness (QED) is 0.588. The molecule has 0 radical (unpaired) electrons. The first-order chi connectivity index (χ1) is 16.3. The molecule has 3 heterocycles. The Bertz CT molecular complexity index is 1200. The SMILES string of the molecule is CC(C)Cn1c(=O)c(C(=O)NC2CC2)c(O)n2ncc(/C=C/C(=O)N3CCN(C4CC4)CC3)c12. The number of aromatic nitrogens is 3. The van der Waals surface area contributed by atoms with Crippen LogP contribution in [0.1, 0.15) is 55.5 Å². The summed E-state index contributed by atoms with van der Waals surface area (Å²) < 4.78 is 2.68. The van der Waals surface area contributed by atoms with Gasteiger partial charge < -0.3 is 15.3 Å². The fourth-order valence-electron chi connectivity index (χ4n) is 4.56. The molecule has 10 nitrogen and oxygen atoms in total. The number of piperazine rings is 1. The highest BCUT2D eigenvalue weighted by atomic mass is 16.3. The van der Waals surface area contributed by atoms with Gasteiger partial charge in [0.05, 0.1) is 6.20 Å². The summed E-state index contributed by atoms with van der Waals surface area (Å²) >= 11 is 0. The van der Waals surface area contributed by atoms with Crippen molar-refractivity contribution >= 4 is 23.5 Å². The molecule has 3 aliphatic rings. The van der Waals surface area contributed by atoms with E-state index in [0.717, 1.165) is 25.9 Å². The van der Waals surface area contributed by atoms with Gasteiger partial charge in [-0.05, 0) is 37.7 Å². The maximum absolute atomic E-state index is 13.3. The predicted octanol–water partition coefficient (Wildman–Crippen LogP) is 1.07. The number of carbonyl (C=O) groups excluding carboxylic acids is 2. The van der Waals surface area contributed by atoms with Crippen LogP contribution in [0.15, 0.2) is 17.1 Å². The average Bonchev–Trinajstić information content (AvgIpc) is 3.74. The van der Waals surface area contributed by atoms with Gasteiger partial charge in [0.1, 0.15) is 5.65 Å². The van der Waals surface area contributed by atoms with Gasteiger partial charge in [-0.3, -0.25) is 23.9 Å². The molecular formula is C24H32N6O4. The summed E-state index contributed by atoms with van der Waals surface area (Å²) in [6, 6.07) is 0.752. The zero-order valence-electron chi connectivity index (χ0n) is 19.7. The molecule has 2 aromatic heterocycles. The van der Waals surface area contributed by atoms with Crippen LogP contribution in [0.3, 0.4) is 0 Å². The Balaban J connectivity index is 1.44. The molecular weight excluding hydrogens is 436 g/mol. The van der Waals surface area contributed by atoms with Crippen molar-refractivity contribution in [3.05, 3.63) is 33.8 Å². The third-order valence-electron chi connectivity index (χ3n) is 6.69. The van der Waals surface area contributed by atoms with Crippen LogP contribution in [0.25, 0.3) is 11.7 Å². The highest BCUT2D eigenvalue weighted by molar-refractivity contribution is 5.97. The molecule has 34 heavy (non-hydrogen) atoms. The molecule has 1 aliphatic heterocycles. The predicted molar refractivity (Wildman–Crippen MR) is 127 cm³/mol. The van der Waals surface area contributed by atoms with Crippen LogP contribution in [0.2, 0.25) is 0 Å². The van der Waals surface area contributed by atoms with Gasteiger partial charge in [-0.2, -0.15) is 9.61 Å². The molecule has 3 fully saturated rings. The van der Waals surface area contributed by atoms with Crippen LogP contribution >= 0.6 is 0 Å². The van der Waals surface area contributed by atoms with E-state index in [4.69, 9.17) is 0 Å². The molecule has 0 atom stereocenters. The van der Waals surface area contributed by atoms with E-state index in [-0.39, 0.29) is 23.4 Å². The number of nitrogens with one attached hydrogen (secondary N) is 1. The van der Waals surface area contributed by atoms with E-state index in [1.165, 1.54) is 34.2 Å². The van der Waals surface area contributed by atoms with Crippen molar-refractivity contribution in [1.29, 1.82) is 0 Å². The molecule has 5 rings (SSSR count). The van der Waals surface area contributed by atoms with E-state index in [0.29, 0.717) is 36.9 Å². The second-order valence-electron chi connectivity index (χ2n) is 10.0. The molecule has 2 amide bonds. The van der Waals surface area contributed by atoms with Crippen LogP contribution in [-0.2, 0) is 11.3 Å². The fourth-order valence-corrected chi connectivity index (χ4v) is 4.56. The maximum Gasteiger partial charge on any atom is 0.270 e. The number of aromatic hydroxyl groups is 1. The van der Waals surface area contributed by atoms with Crippen molar-refractivity contribution in [2.75, 3.05) is 26.2 Å². The number of hydrogen-bond donors (Lipinski definition) is 2. The van der Waals surface area contributed by atoms with Gasteiger partial charge in [0.15, 0.2) is 5.56 Å². The first kappa shape index (κ1) is 22.6. The lowest BCUT2D eigenvalue weighted by molar-refractivity contribution is -0.127. The minimum atomic E-state index is -0.586. The van der Waals surface area contributed by atoms with Gasteiger partial charge in [-0.15, -0.1) is 0 Å². The topological polar surface area (TPSA) is 112 Å². The van der Waals surface area contributed by atoms with E-state index < -0.39 is 17.3 Å². The van der Waals surface area contributed by atoms with Crippen molar-refractivity contribution in [2.24, 2.45) is 5.92 Å². The molecule has 0 unspecified atom stereocenters. The Labute approximate surface area is 197 Å². The third kappa shape index (κ3) is 4.46. The smallest absolute Gasteiger partial charge is 0.270 e. The molecule has 2 aromatic rings.